The van der Waals surface area contributed by atoms with Crippen molar-refractivity contribution in [2.45, 2.75) is 24.7 Å². The summed E-state index contributed by atoms with van der Waals surface area (Å²) in [5.74, 6) is -0.126. The van der Waals surface area contributed by atoms with Crippen LogP contribution < -0.4 is 10.5 Å². The lowest BCUT2D eigenvalue weighted by atomic mass is 10.0. The summed E-state index contributed by atoms with van der Waals surface area (Å²) in [6.45, 7) is 0. The number of aliphatic hydroxyl groups is 1. The minimum Gasteiger partial charge on any atom is -0.496 e. The van der Waals surface area contributed by atoms with Crippen LogP contribution in [0.1, 0.15) is 17.7 Å². The number of methoxy groups -OCH3 is 1. The summed E-state index contributed by atoms with van der Waals surface area (Å²) in [7, 11) is 1.39. The predicted octanol–water partition coefficient (Wildman–Crippen LogP) is 0.680. The number of para-hydroxylation sites is 1. The molecule has 152 valence electrons. The molecule has 0 aliphatic carbocycles. The summed E-state index contributed by atoms with van der Waals surface area (Å²) in [6.07, 6.45) is -4.55. The Labute approximate surface area is 161 Å². The number of amidine groups is 1. The maximum Gasteiger partial charge on any atom is 0.438 e. The zero-order valence-electron chi connectivity index (χ0n) is 15.0. The first kappa shape index (κ1) is 18.9. The van der Waals surface area contributed by atoms with Gasteiger partial charge in [0.05, 0.1) is 37.6 Å². The molecule has 1 unspecified atom stereocenters. The van der Waals surface area contributed by atoms with E-state index in [1.54, 1.807) is 24.3 Å². The highest BCUT2D eigenvalue weighted by Gasteiger charge is 2.63. The fourth-order valence-electron chi connectivity index (χ4n) is 3.06. The molecule has 2 aliphatic rings. The van der Waals surface area contributed by atoms with Gasteiger partial charge in [-0.1, -0.05) is 17.3 Å². The van der Waals surface area contributed by atoms with Gasteiger partial charge in [0.25, 0.3) is 11.7 Å². The van der Waals surface area contributed by atoms with Gasteiger partial charge in [0, 0.05) is 5.56 Å². The minimum atomic E-state index is -5.08. The third-order valence-corrected chi connectivity index (χ3v) is 4.49. The molecule has 0 saturated heterocycles. The normalized spacial score (nSPS) is 21.8. The quantitative estimate of drug-likeness (QED) is 0.753. The molecule has 1 atom stereocenters. The van der Waals surface area contributed by atoms with Crippen LogP contribution in [0.5, 0.6) is 5.75 Å². The average Bonchev–Trinajstić information content (AvgIpc) is 3.24. The first-order valence-electron chi connectivity index (χ1n) is 8.35. The van der Waals surface area contributed by atoms with E-state index >= 15 is 0 Å². The van der Waals surface area contributed by atoms with E-state index in [0.717, 1.165) is 4.68 Å². The van der Waals surface area contributed by atoms with Crippen LogP contribution in [-0.4, -0.2) is 61.6 Å². The number of nitrogens with zero attached hydrogens (tertiary/aromatic N) is 7. The molecule has 0 fully saturated rings. The Morgan fingerprint density at radius 3 is 2.72 bits per heavy atom. The summed E-state index contributed by atoms with van der Waals surface area (Å²) < 4.78 is 48.1. The zero-order valence-corrected chi connectivity index (χ0v) is 15.0. The molecule has 4 rings (SSSR count). The zero-order chi connectivity index (χ0) is 20.8. The third kappa shape index (κ3) is 2.99. The van der Waals surface area contributed by atoms with Gasteiger partial charge in [-0.2, -0.15) is 28.0 Å². The first-order valence-corrected chi connectivity index (χ1v) is 8.35. The summed E-state index contributed by atoms with van der Waals surface area (Å²) in [5.41, 5.74) is 2.90. The van der Waals surface area contributed by atoms with Crippen molar-refractivity contribution in [3.63, 3.8) is 0 Å². The molecule has 0 spiro atoms. The molecule has 13 heteroatoms. The molecule has 1 aromatic carbocycles. The second-order valence-electron chi connectivity index (χ2n) is 6.36. The number of halogens is 3. The molecule has 3 N–H and O–H groups in total. The van der Waals surface area contributed by atoms with Gasteiger partial charge in [-0.05, 0) is 12.1 Å². The molecule has 1 aromatic heterocycles. The Balaban J connectivity index is 1.88. The summed E-state index contributed by atoms with van der Waals surface area (Å²) in [4.78, 5) is 0. The Hall–Kier alpha value is -3.48. The lowest BCUT2D eigenvalue weighted by Crippen LogP contribution is -2.58. The van der Waals surface area contributed by atoms with Crippen molar-refractivity contribution in [2.24, 2.45) is 21.0 Å². The number of hydrazone groups is 1. The number of aromatic nitrogens is 3. The maximum atomic E-state index is 13.9. The van der Waals surface area contributed by atoms with E-state index in [4.69, 9.17) is 10.5 Å². The molecule has 0 radical (unpaired) electrons. The Bertz CT molecular complexity index is 1040. The van der Waals surface area contributed by atoms with Crippen LogP contribution in [0.4, 0.5) is 13.2 Å². The number of nitrogens with two attached hydrogens (primary N) is 1. The molecule has 3 heterocycles. The van der Waals surface area contributed by atoms with E-state index in [9.17, 15) is 18.3 Å². The van der Waals surface area contributed by atoms with Crippen LogP contribution in [0.3, 0.4) is 0 Å². The van der Waals surface area contributed by atoms with E-state index in [1.807, 2.05) is 0 Å². The van der Waals surface area contributed by atoms with E-state index in [-0.39, 0.29) is 18.0 Å². The van der Waals surface area contributed by atoms with Gasteiger partial charge in [0.2, 0.25) is 0 Å². The van der Waals surface area contributed by atoms with E-state index < -0.39 is 24.3 Å². The monoisotopic (exact) mass is 408 g/mol. The molecule has 0 amide bonds. The van der Waals surface area contributed by atoms with Crippen molar-refractivity contribution in [1.82, 2.24) is 20.0 Å². The molecule has 0 bridgehead atoms. The lowest BCUT2D eigenvalue weighted by Gasteiger charge is -2.33. The van der Waals surface area contributed by atoms with Crippen molar-refractivity contribution >= 4 is 17.5 Å². The largest absolute Gasteiger partial charge is 0.496 e. The van der Waals surface area contributed by atoms with Gasteiger partial charge in [-0.25, -0.2) is 0 Å². The lowest BCUT2D eigenvalue weighted by molar-refractivity contribution is -0.295. The first-order chi connectivity index (χ1) is 13.7. The highest BCUT2D eigenvalue weighted by Crippen LogP contribution is 2.42. The standard InChI is InChI=1S/C16H15F3N8O2/c1-29-12-5-3-2-4-10(12)11-7-15(28,16(17,18)19)27(24-11)14-23-22-13(20)6-9-8-21-25-26(9)14/h2-5,8,28H,6-7H2,1H3,(H2,20,22). The predicted molar refractivity (Wildman–Crippen MR) is 95.2 cm³/mol. The number of rotatable bonds is 2. The molecular formula is C16H15F3N8O2. The molecular weight excluding hydrogens is 393 g/mol. The Morgan fingerprint density at radius 2 is 2.00 bits per heavy atom. The van der Waals surface area contributed by atoms with Crippen LogP contribution in [0, 0.1) is 0 Å². The van der Waals surface area contributed by atoms with E-state index in [0.29, 0.717) is 22.0 Å². The van der Waals surface area contributed by atoms with Crippen molar-refractivity contribution < 1.29 is 23.0 Å². The van der Waals surface area contributed by atoms with Crippen molar-refractivity contribution in [1.29, 1.82) is 0 Å². The minimum absolute atomic E-state index is 0.0483. The SMILES string of the molecule is COc1ccccc1C1=NN(C2=NN=C(N)Cc3cnnn32)C(O)(C(F)(F)F)C1. The summed E-state index contributed by atoms with van der Waals surface area (Å²) >= 11 is 0. The number of benzene rings is 1. The van der Waals surface area contributed by atoms with Gasteiger partial charge in [0.1, 0.15) is 11.6 Å². The third-order valence-electron chi connectivity index (χ3n) is 4.49. The van der Waals surface area contributed by atoms with Gasteiger partial charge >= 0.3 is 6.18 Å². The average molecular weight is 408 g/mol. The summed E-state index contributed by atoms with van der Waals surface area (Å²) in [5, 5.41) is 29.9. The van der Waals surface area contributed by atoms with Gasteiger partial charge in [0.15, 0.2) is 0 Å². The molecule has 2 aromatic rings. The van der Waals surface area contributed by atoms with Crippen molar-refractivity contribution in [3.8, 4) is 5.75 Å². The highest BCUT2D eigenvalue weighted by atomic mass is 19.4. The number of ether oxygens (including phenoxy) is 1. The van der Waals surface area contributed by atoms with Crippen LogP contribution in [0.15, 0.2) is 45.8 Å². The van der Waals surface area contributed by atoms with Crippen LogP contribution >= 0.6 is 0 Å². The highest BCUT2D eigenvalue weighted by molar-refractivity contribution is 6.06. The van der Waals surface area contributed by atoms with Crippen LogP contribution in [-0.2, 0) is 6.42 Å². The Morgan fingerprint density at radius 1 is 1.24 bits per heavy atom. The Kier molecular flexibility index (Phi) is 4.26. The van der Waals surface area contributed by atoms with Crippen molar-refractivity contribution in [2.75, 3.05) is 7.11 Å². The van der Waals surface area contributed by atoms with Crippen LogP contribution in [0.25, 0.3) is 0 Å². The number of fused-ring (bicyclic) bond motifs is 1. The van der Waals surface area contributed by atoms with Gasteiger partial charge < -0.3 is 15.6 Å². The van der Waals surface area contributed by atoms with Crippen LogP contribution in [0.2, 0.25) is 0 Å². The fraction of sp³-hybridized carbons (Fsp3) is 0.312. The molecule has 29 heavy (non-hydrogen) atoms. The fourth-order valence-corrected chi connectivity index (χ4v) is 3.06. The van der Waals surface area contributed by atoms with Gasteiger partial charge in [-0.3, -0.25) is 0 Å². The second kappa shape index (κ2) is 6.55. The smallest absolute Gasteiger partial charge is 0.438 e. The second-order valence-corrected chi connectivity index (χ2v) is 6.36. The van der Waals surface area contributed by atoms with E-state index in [2.05, 4.69) is 25.6 Å². The number of hydrogen-bond donors (Lipinski definition) is 2. The molecule has 0 saturated carbocycles. The number of hydrogen-bond acceptors (Lipinski definition) is 9. The maximum absolute atomic E-state index is 13.9. The summed E-state index contributed by atoms with van der Waals surface area (Å²) in [6, 6.07) is 6.42. The van der Waals surface area contributed by atoms with Crippen molar-refractivity contribution in [3.05, 3.63) is 41.7 Å². The van der Waals surface area contributed by atoms with Gasteiger partial charge in [-0.15, -0.1) is 15.3 Å². The topological polar surface area (TPSA) is 127 Å². The molecule has 10 nitrogen and oxygen atoms in total. The van der Waals surface area contributed by atoms with E-state index in [1.165, 1.54) is 13.3 Å². The molecule has 2 aliphatic heterocycles. The number of alkyl halides is 3.